The second-order valence-corrected chi connectivity index (χ2v) is 6.47. The zero-order valence-electron chi connectivity index (χ0n) is 11.7. The molecule has 2 nitrogen and oxygen atoms in total. The molecular formula is C17H24N2. The van der Waals surface area contributed by atoms with E-state index >= 15 is 0 Å². The predicted octanol–water partition coefficient (Wildman–Crippen LogP) is 3.81. The number of fused-ring (bicyclic) bond motifs is 2. The summed E-state index contributed by atoms with van der Waals surface area (Å²) in [6.45, 7) is 2.41. The standard InChI is InChI=1S/C17H24N2/c1-4-14-6-3-11-19(17(14)7-1)15-9-8-13-5-2-10-18-16(13)12-15/h8-9,12,14,17-18H,1-7,10-11H2. The van der Waals surface area contributed by atoms with Gasteiger partial charge in [0.15, 0.2) is 0 Å². The second kappa shape index (κ2) is 4.73. The Balaban J connectivity index is 1.64. The fourth-order valence-electron chi connectivity index (χ4n) is 4.40. The monoisotopic (exact) mass is 256 g/mol. The lowest BCUT2D eigenvalue weighted by Crippen LogP contribution is -2.42. The minimum absolute atomic E-state index is 0.829. The molecule has 1 N–H and O–H groups in total. The van der Waals surface area contributed by atoms with Gasteiger partial charge in [-0.3, -0.25) is 0 Å². The Morgan fingerprint density at radius 3 is 3.00 bits per heavy atom. The number of hydrogen-bond donors (Lipinski definition) is 1. The van der Waals surface area contributed by atoms with Crippen molar-refractivity contribution in [3.63, 3.8) is 0 Å². The van der Waals surface area contributed by atoms with Crippen LogP contribution in [0, 0.1) is 5.92 Å². The molecule has 0 amide bonds. The quantitative estimate of drug-likeness (QED) is 0.822. The highest BCUT2D eigenvalue weighted by Crippen LogP contribution is 2.40. The van der Waals surface area contributed by atoms with Gasteiger partial charge in [0.25, 0.3) is 0 Å². The van der Waals surface area contributed by atoms with Crippen LogP contribution in [-0.2, 0) is 6.42 Å². The van der Waals surface area contributed by atoms with Gasteiger partial charge < -0.3 is 10.2 Å². The van der Waals surface area contributed by atoms with Gasteiger partial charge in [0, 0.05) is 30.5 Å². The molecule has 0 aromatic heterocycles. The summed E-state index contributed by atoms with van der Waals surface area (Å²) < 4.78 is 0. The van der Waals surface area contributed by atoms with E-state index in [4.69, 9.17) is 0 Å². The molecule has 0 bridgehead atoms. The second-order valence-electron chi connectivity index (χ2n) is 6.47. The molecule has 19 heavy (non-hydrogen) atoms. The Labute approximate surface area is 116 Å². The smallest absolute Gasteiger partial charge is 0.0393 e. The van der Waals surface area contributed by atoms with Crippen LogP contribution in [0.5, 0.6) is 0 Å². The van der Waals surface area contributed by atoms with Gasteiger partial charge >= 0.3 is 0 Å². The minimum Gasteiger partial charge on any atom is -0.385 e. The molecule has 2 heterocycles. The largest absolute Gasteiger partial charge is 0.385 e. The molecule has 2 fully saturated rings. The van der Waals surface area contributed by atoms with E-state index in [1.54, 1.807) is 0 Å². The Bertz CT molecular complexity index is 468. The van der Waals surface area contributed by atoms with Crippen LogP contribution in [0.4, 0.5) is 11.4 Å². The first kappa shape index (κ1) is 11.6. The zero-order chi connectivity index (χ0) is 12.7. The number of benzene rings is 1. The molecule has 1 aliphatic carbocycles. The maximum absolute atomic E-state index is 3.58. The fourth-order valence-corrected chi connectivity index (χ4v) is 4.40. The van der Waals surface area contributed by atoms with Gasteiger partial charge in [0.05, 0.1) is 0 Å². The molecule has 0 spiro atoms. The Hall–Kier alpha value is -1.18. The Morgan fingerprint density at radius 2 is 2.00 bits per heavy atom. The molecular weight excluding hydrogens is 232 g/mol. The first-order valence-electron chi connectivity index (χ1n) is 8.05. The molecule has 1 saturated carbocycles. The minimum atomic E-state index is 0.829. The van der Waals surface area contributed by atoms with E-state index in [9.17, 15) is 0 Å². The summed E-state index contributed by atoms with van der Waals surface area (Å²) in [5.74, 6) is 0.970. The first-order chi connectivity index (χ1) is 9.42. The van der Waals surface area contributed by atoms with Crippen molar-refractivity contribution in [1.29, 1.82) is 0 Å². The van der Waals surface area contributed by atoms with E-state index in [2.05, 4.69) is 28.4 Å². The van der Waals surface area contributed by atoms with E-state index < -0.39 is 0 Å². The van der Waals surface area contributed by atoms with Crippen molar-refractivity contribution in [1.82, 2.24) is 0 Å². The normalized spacial score (nSPS) is 29.6. The highest BCUT2D eigenvalue weighted by atomic mass is 15.2. The van der Waals surface area contributed by atoms with Gasteiger partial charge in [0.2, 0.25) is 0 Å². The molecule has 1 saturated heterocycles. The zero-order valence-corrected chi connectivity index (χ0v) is 11.7. The molecule has 102 valence electrons. The highest BCUT2D eigenvalue weighted by molar-refractivity contribution is 5.64. The predicted molar refractivity (Wildman–Crippen MR) is 81.0 cm³/mol. The summed E-state index contributed by atoms with van der Waals surface area (Å²) in [7, 11) is 0. The molecule has 1 aromatic carbocycles. The van der Waals surface area contributed by atoms with E-state index in [0.717, 1.165) is 18.5 Å². The molecule has 2 atom stereocenters. The maximum atomic E-state index is 3.58. The van der Waals surface area contributed by atoms with Crippen molar-refractivity contribution in [2.45, 2.75) is 51.0 Å². The third-order valence-corrected chi connectivity index (χ3v) is 5.36. The first-order valence-corrected chi connectivity index (χ1v) is 8.05. The number of rotatable bonds is 1. The summed E-state index contributed by atoms with van der Waals surface area (Å²) >= 11 is 0. The lowest BCUT2D eigenvalue weighted by atomic mass is 9.91. The van der Waals surface area contributed by atoms with Crippen molar-refractivity contribution < 1.29 is 0 Å². The SMILES string of the molecule is c1cc2c(cc1N1CCCC3CCCC31)NCCC2. The van der Waals surface area contributed by atoms with Crippen LogP contribution in [0.2, 0.25) is 0 Å². The molecule has 2 unspecified atom stereocenters. The number of aryl methyl sites for hydroxylation is 1. The lowest BCUT2D eigenvalue weighted by Gasteiger charge is -2.40. The van der Waals surface area contributed by atoms with E-state index in [-0.39, 0.29) is 0 Å². The highest BCUT2D eigenvalue weighted by Gasteiger charge is 2.35. The Morgan fingerprint density at radius 1 is 1.05 bits per heavy atom. The van der Waals surface area contributed by atoms with Gasteiger partial charge in [-0.05, 0) is 62.1 Å². The van der Waals surface area contributed by atoms with E-state index in [1.807, 2.05) is 0 Å². The van der Waals surface area contributed by atoms with Crippen LogP contribution in [0.25, 0.3) is 0 Å². The van der Waals surface area contributed by atoms with Gasteiger partial charge in [0.1, 0.15) is 0 Å². The maximum Gasteiger partial charge on any atom is 0.0393 e. The summed E-state index contributed by atoms with van der Waals surface area (Å²) in [4.78, 5) is 2.71. The summed E-state index contributed by atoms with van der Waals surface area (Å²) in [6, 6.07) is 7.97. The van der Waals surface area contributed by atoms with Crippen LogP contribution < -0.4 is 10.2 Å². The van der Waals surface area contributed by atoms with Crippen LogP contribution in [0.15, 0.2) is 18.2 Å². The van der Waals surface area contributed by atoms with Crippen LogP contribution >= 0.6 is 0 Å². The van der Waals surface area contributed by atoms with Crippen LogP contribution in [0.3, 0.4) is 0 Å². The third-order valence-electron chi connectivity index (χ3n) is 5.36. The van der Waals surface area contributed by atoms with Gasteiger partial charge in [-0.15, -0.1) is 0 Å². The van der Waals surface area contributed by atoms with Crippen molar-refractivity contribution >= 4 is 11.4 Å². The van der Waals surface area contributed by atoms with E-state index in [0.29, 0.717) is 0 Å². The number of anilines is 2. The lowest BCUT2D eigenvalue weighted by molar-refractivity contribution is 0.362. The molecule has 2 aliphatic heterocycles. The topological polar surface area (TPSA) is 15.3 Å². The van der Waals surface area contributed by atoms with Crippen molar-refractivity contribution in [2.24, 2.45) is 5.92 Å². The van der Waals surface area contributed by atoms with Gasteiger partial charge in [-0.25, -0.2) is 0 Å². The van der Waals surface area contributed by atoms with E-state index in [1.165, 1.54) is 68.4 Å². The number of piperidine rings is 1. The number of nitrogens with zero attached hydrogens (tertiary/aromatic N) is 1. The molecule has 1 aromatic rings. The fraction of sp³-hybridized carbons (Fsp3) is 0.647. The summed E-state index contributed by atoms with van der Waals surface area (Å²) in [6.07, 6.45) is 9.68. The average Bonchev–Trinajstić information content (AvgIpc) is 2.95. The number of hydrogen-bond acceptors (Lipinski definition) is 2. The van der Waals surface area contributed by atoms with Crippen molar-refractivity contribution in [3.05, 3.63) is 23.8 Å². The van der Waals surface area contributed by atoms with Gasteiger partial charge in [-0.2, -0.15) is 0 Å². The third kappa shape index (κ3) is 2.01. The van der Waals surface area contributed by atoms with Crippen LogP contribution in [0.1, 0.15) is 44.1 Å². The molecule has 3 aliphatic rings. The molecule has 0 radical (unpaired) electrons. The average molecular weight is 256 g/mol. The van der Waals surface area contributed by atoms with Crippen LogP contribution in [-0.4, -0.2) is 19.1 Å². The van der Waals surface area contributed by atoms with Crippen molar-refractivity contribution in [2.75, 3.05) is 23.3 Å². The molecule has 2 heteroatoms. The van der Waals surface area contributed by atoms with Gasteiger partial charge in [-0.1, -0.05) is 12.5 Å². The summed E-state index contributed by atoms with van der Waals surface area (Å²) in [5.41, 5.74) is 4.36. The summed E-state index contributed by atoms with van der Waals surface area (Å²) in [5, 5.41) is 3.58. The Kier molecular flexibility index (Phi) is 2.90. The molecule has 4 rings (SSSR count). The number of nitrogens with one attached hydrogen (secondary N) is 1. The van der Waals surface area contributed by atoms with Crippen molar-refractivity contribution in [3.8, 4) is 0 Å².